The molecule has 2 aliphatic rings. The molecule has 0 spiro atoms. The first-order valence-electron chi connectivity index (χ1n) is 10.1. The van der Waals surface area contributed by atoms with Crippen LogP contribution in [0.1, 0.15) is 50.5 Å². The molecule has 1 aliphatic carbocycles. The van der Waals surface area contributed by atoms with E-state index in [1.807, 2.05) is 34.1 Å². The molecule has 1 saturated heterocycles. The zero-order valence-electron chi connectivity index (χ0n) is 16.3. The van der Waals surface area contributed by atoms with Gasteiger partial charge < -0.3 is 19.9 Å². The monoisotopic (exact) mass is 373 g/mol. The number of carbonyl (C=O) groups is 2. The summed E-state index contributed by atoms with van der Waals surface area (Å²) in [4.78, 5) is 28.9. The van der Waals surface area contributed by atoms with Crippen LogP contribution in [0.3, 0.4) is 0 Å². The highest BCUT2D eigenvalue weighted by Crippen LogP contribution is 2.27. The van der Waals surface area contributed by atoms with Gasteiger partial charge in [0, 0.05) is 37.7 Å². The van der Waals surface area contributed by atoms with Crippen molar-refractivity contribution in [3.05, 3.63) is 29.8 Å². The minimum Gasteiger partial charge on any atom is -0.496 e. The van der Waals surface area contributed by atoms with Crippen LogP contribution in [-0.2, 0) is 11.3 Å². The van der Waals surface area contributed by atoms with Crippen LogP contribution in [0, 0.1) is 0 Å². The van der Waals surface area contributed by atoms with Crippen molar-refractivity contribution >= 4 is 11.9 Å². The zero-order valence-corrected chi connectivity index (χ0v) is 16.3. The van der Waals surface area contributed by atoms with Gasteiger partial charge in [-0.05, 0) is 31.7 Å². The van der Waals surface area contributed by atoms with Crippen molar-refractivity contribution in [1.82, 2.24) is 15.1 Å². The number of hydrogen-bond donors (Lipinski definition) is 1. The van der Waals surface area contributed by atoms with Gasteiger partial charge >= 0.3 is 6.03 Å². The van der Waals surface area contributed by atoms with E-state index in [9.17, 15) is 9.59 Å². The molecule has 6 heteroatoms. The van der Waals surface area contributed by atoms with E-state index >= 15 is 0 Å². The molecule has 0 bridgehead atoms. The third-order valence-electron chi connectivity index (χ3n) is 5.63. The predicted molar refractivity (Wildman–Crippen MR) is 105 cm³/mol. The topological polar surface area (TPSA) is 61.9 Å². The van der Waals surface area contributed by atoms with Gasteiger partial charge in [0.25, 0.3) is 0 Å². The molecular weight excluding hydrogens is 342 g/mol. The van der Waals surface area contributed by atoms with Gasteiger partial charge in [-0.2, -0.15) is 0 Å². The molecule has 0 atom stereocenters. The first-order valence-corrected chi connectivity index (χ1v) is 10.1. The van der Waals surface area contributed by atoms with Crippen molar-refractivity contribution in [2.75, 3.05) is 26.7 Å². The number of para-hydroxylation sites is 1. The summed E-state index contributed by atoms with van der Waals surface area (Å²) >= 11 is 0. The Balaban J connectivity index is 1.58. The minimum absolute atomic E-state index is 0.0815. The van der Waals surface area contributed by atoms with Gasteiger partial charge in [-0.25, -0.2) is 4.79 Å². The summed E-state index contributed by atoms with van der Waals surface area (Å²) < 4.78 is 5.45. The van der Waals surface area contributed by atoms with Gasteiger partial charge in [0.2, 0.25) is 5.91 Å². The van der Waals surface area contributed by atoms with Crippen molar-refractivity contribution in [2.24, 2.45) is 0 Å². The smallest absolute Gasteiger partial charge is 0.317 e. The third-order valence-corrected chi connectivity index (χ3v) is 5.63. The summed E-state index contributed by atoms with van der Waals surface area (Å²) in [6.07, 6.45) is 6.95. The maximum absolute atomic E-state index is 12.9. The van der Waals surface area contributed by atoms with Crippen molar-refractivity contribution in [3.8, 4) is 5.75 Å². The molecule has 1 aromatic carbocycles. The van der Waals surface area contributed by atoms with Crippen molar-refractivity contribution < 1.29 is 14.3 Å². The summed E-state index contributed by atoms with van der Waals surface area (Å²) in [7, 11) is 1.66. The van der Waals surface area contributed by atoms with Crippen LogP contribution in [0.4, 0.5) is 4.79 Å². The fraction of sp³-hybridized carbons (Fsp3) is 0.619. The molecule has 0 radical (unpaired) electrons. The molecule has 148 valence electrons. The average Bonchev–Trinajstić information content (AvgIpc) is 3.40. The Labute approximate surface area is 161 Å². The molecule has 1 heterocycles. The van der Waals surface area contributed by atoms with Gasteiger partial charge in [0.05, 0.1) is 13.7 Å². The van der Waals surface area contributed by atoms with Crippen LogP contribution in [0.5, 0.6) is 5.75 Å². The summed E-state index contributed by atoms with van der Waals surface area (Å²) in [6.45, 7) is 2.63. The summed E-state index contributed by atoms with van der Waals surface area (Å²) in [6, 6.07) is 8.01. The second kappa shape index (κ2) is 9.62. The largest absolute Gasteiger partial charge is 0.496 e. The summed E-state index contributed by atoms with van der Waals surface area (Å²) in [5.74, 6) is 0.947. The number of urea groups is 1. The lowest BCUT2D eigenvalue weighted by Gasteiger charge is -2.30. The van der Waals surface area contributed by atoms with Crippen molar-refractivity contribution in [3.63, 3.8) is 0 Å². The lowest BCUT2D eigenvalue weighted by molar-refractivity contribution is -0.129. The lowest BCUT2D eigenvalue weighted by atomic mass is 10.1. The van der Waals surface area contributed by atoms with Crippen LogP contribution in [0.15, 0.2) is 24.3 Å². The van der Waals surface area contributed by atoms with Crippen molar-refractivity contribution in [2.45, 2.75) is 57.5 Å². The van der Waals surface area contributed by atoms with E-state index in [4.69, 9.17) is 4.74 Å². The Morgan fingerprint density at radius 2 is 1.85 bits per heavy atom. The quantitative estimate of drug-likeness (QED) is 0.799. The molecule has 2 fully saturated rings. The Hall–Kier alpha value is -2.24. The molecular formula is C21H31N3O3. The number of nitrogens with zero attached hydrogens (tertiary/aromatic N) is 2. The van der Waals surface area contributed by atoms with E-state index < -0.39 is 0 Å². The first kappa shape index (κ1) is 19.5. The molecule has 6 nitrogen and oxygen atoms in total. The average molecular weight is 373 g/mol. The van der Waals surface area contributed by atoms with Gasteiger partial charge in [-0.3, -0.25) is 4.79 Å². The normalized spacial score (nSPS) is 17.1. The van der Waals surface area contributed by atoms with E-state index in [2.05, 4.69) is 5.32 Å². The lowest BCUT2D eigenvalue weighted by Crippen LogP contribution is -2.45. The number of amides is 3. The number of carbonyl (C=O) groups excluding carboxylic acids is 2. The predicted octanol–water partition coefficient (Wildman–Crippen LogP) is 3.16. The van der Waals surface area contributed by atoms with E-state index in [1.165, 1.54) is 0 Å². The Kier molecular flexibility index (Phi) is 6.96. The third kappa shape index (κ3) is 5.15. The maximum atomic E-state index is 12.9. The number of methoxy groups -OCH3 is 1. The molecule has 0 aromatic heterocycles. The highest BCUT2D eigenvalue weighted by atomic mass is 16.5. The van der Waals surface area contributed by atoms with Crippen LogP contribution >= 0.6 is 0 Å². The molecule has 1 aliphatic heterocycles. The fourth-order valence-corrected chi connectivity index (χ4v) is 4.10. The van der Waals surface area contributed by atoms with Gasteiger partial charge in [-0.1, -0.05) is 31.0 Å². The van der Waals surface area contributed by atoms with Gasteiger partial charge in [0.15, 0.2) is 0 Å². The highest BCUT2D eigenvalue weighted by molar-refractivity contribution is 5.78. The van der Waals surface area contributed by atoms with Crippen molar-refractivity contribution in [1.29, 1.82) is 0 Å². The van der Waals surface area contributed by atoms with E-state index in [-0.39, 0.29) is 18.0 Å². The highest BCUT2D eigenvalue weighted by Gasteiger charge is 2.27. The number of benzene rings is 1. The molecule has 3 amide bonds. The number of hydrogen-bond acceptors (Lipinski definition) is 3. The van der Waals surface area contributed by atoms with Crippen LogP contribution in [0.2, 0.25) is 0 Å². The number of likely N-dealkylation sites (tertiary alicyclic amines) is 1. The number of rotatable bonds is 7. The summed E-state index contributed by atoms with van der Waals surface area (Å²) in [5, 5.41) is 2.97. The molecule has 3 rings (SSSR count). The minimum atomic E-state index is -0.0815. The summed E-state index contributed by atoms with van der Waals surface area (Å²) in [5.41, 5.74) is 1.01. The van der Waals surface area contributed by atoms with Gasteiger partial charge in [0.1, 0.15) is 5.75 Å². The SMILES string of the molecule is COc1ccccc1CN(C(=O)NCCC(=O)N1CCCC1)C1CCCC1. The second-order valence-corrected chi connectivity index (χ2v) is 7.45. The zero-order chi connectivity index (χ0) is 19.1. The van der Waals surface area contributed by atoms with E-state index in [0.29, 0.717) is 19.5 Å². The Bertz CT molecular complexity index is 637. The number of nitrogens with one attached hydrogen (secondary N) is 1. The molecule has 0 unspecified atom stereocenters. The van der Waals surface area contributed by atoms with Gasteiger partial charge in [-0.15, -0.1) is 0 Å². The Morgan fingerprint density at radius 3 is 2.56 bits per heavy atom. The van der Waals surface area contributed by atoms with E-state index in [1.54, 1.807) is 7.11 Å². The standard InChI is InChI=1S/C21H31N3O3/c1-27-19-11-5-2-8-17(19)16-24(18-9-3-4-10-18)21(26)22-13-12-20(25)23-14-6-7-15-23/h2,5,8,11,18H,3-4,6-7,9-10,12-16H2,1H3,(H,22,26). The maximum Gasteiger partial charge on any atom is 0.317 e. The molecule has 1 aromatic rings. The van der Waals surface area contributed by atoms with Crippen LogP contribution < -0.4 is 10.1 Å². The van der Waals surface area contributed by atoms with Crippen LogP contribution in [0.25, 0.3) is 0 Å². The Morgan fingerprint density at radius 1 is 1.15 bits per heavy atom. The molecule has 1 saturated carbocycles. The fourth-order valence-electron chi connectivity index (χ4n) is 4.10. The first-order chi connectivity index (χ1) is 13.2. The number of ether oxygens (including phenoxy) is 1. The van der Waals surface area contributed by atoms with Crippen LogP contribution in [-0.4, -0.2) is 54.5 Å². The molecule has 1 N–H and O–H groups in total. The molecule has 27 heavy (non-hydrogen) atoms. The second-order valence-electron chi connectivity index (χ2n) is 7.45. The van der Waals surface area contributed by atoms with E-state index in [0.717, 1.165) is 62.9 Å².